The van der Waals surface area contributed by atoms with Gasteiger partial charge in [-0.3, -0.25) is 4.79 Å². The van der Waals surface area contributed by atoms with Gasteiger partial charge in [0, 0.05) is 12.3 Å². The predicted molar refractivity (Wildman–Crippen MR) is 107 cm³/mol. The molecule has 2 rings (SSSR count). The van der Waals surface area contributed by atoms with Gasteiger partial charge in [-0.2, -0.15) is 5.26 Å². The Hall–Kier alpha value is -2.40. The van der Waals surface area contributed by atoms with Crippen LogP contribution in [0.25, 0.3) is 0 Å². The normalized spacial score (nSPS) is 11.9. The fourth-order valence-electron chi connectivity index (χ4n) is 3.42. The highest BCUT2D eigenvalue weighted by Gasteiger charge is 2.18. The van der Waals surface area contributed by atoms with Crippen LogP contribution < -0.4 is 0 Å². The van der Waals surface area contributed by atoms with Crippen LogP contribution in [0.4, 0.5) is 0 Å². The van der Waals surface area contributed by atoms with Crippen molar-refractivity contribution in [3.8, 4) is 6.07 Å². The van der Waals surface area contributed by atoms with Gasteiger partial charge >= 0.3 is 0 Å². The van der Waals surface area contributed by atoms with E-state index in [1.807, 2.05) is 12.1 Å². The Morgan fingerprint density at radius 1 is 0.885 bits per heavy atom. The quantitative estimate of drug-likeness (QED) is 0.449. The summed E-state index contributed by atoms with van der Waals surface area (Å²) in [5.74, 6) is 0.0687. The van der Waals surface area contributed by atoms with E-state index in [1.54, 1.807) is 0 Å². The first-order chi connectivity index (χ1) is 12.8. The number of nitriles is 1. The zero-order valence-corrected chi connectivity index (χ0v) is 15.7. The van der Waals surface area contributed by atoms with Crippen molar-refractivity contribution in [3.63, 3.8) is 0 Å². The second-order valence-corrected chi connectivity index (χ2v) is 6.91. The van der Waals surface area contributed by atoms with Crippen LogP contribution in [0.1, 0.15) is 68.9 Å². The van der Waals surface area contributed by atoms with Gasteiger partial charge in [0.05, 0.1) is 6.07 Å². The van der Waals surface area contributed by atoms with Gasteiger partial charge in [0.2, 0.25) is 0 Å². The fourth-order valence-corrected chi connectivity index (χ4v) is 3.42. The smallest absolute Gasteiger partial charge is 0.149 e. The van der Waals surface area contributed by atoms with E-state index in [1.165, 1.54) is 11.1 Å². The van der Waals surface area contributed by atoms with Crippen molar-refractivity contribution >= 4 is 5.78 Å². The number of ketones is 1. The third-order valence-corrected chi connectivity index (χ3v) is 4.96. The SMILES string of the molecule is CCCCC(=O)C(C#N)CCCCC(c1ccccc1)c1ccccc1. The molecule has 0 aliphatic heterocycles. The van der Waals surface area contributed by atoms with Crippen molar-refractivity contribution in [2.24, 2.45) is 5.92 Å². The van der Waals surface area contributed by atoms with Gasteiger partial charge in [-0.05, 0) is 30.4 Å². The summed E-state index contributed by atoms with van der Waals surface area (Å²) in [6.07, 6.45) is 6.11. The molecular formula is C24H29NO. The maximum Gasteiger partial charge on any atom is 0.149 e. The average Bonchev–Trinajstić information content (AvgIpc) is 2.70. The molecule has 1 unspecified atom stereocenters. The number of hydrogen-bond acceptors (Lipinski definition) is 2. The molecule has 2 aromatic rings. The molecule has 0 saturated carbocycles. The molecule has 136 valence electrons. The third-order valence-electron chi connectivity index (χ3n) is 4.96. The monoisotopic (exact) mass is 347 g/mol. The van der Waals surface area contributed by atoms with E-state index >= 15 is 0 Å². The van der Waals surface area contributed by atoms with Crippen molar-refractivity contribution in [3.05, 3.63) is 71.8 Å². The lowest BCUT2D eigenvalue weighted by Crippen LogP contribution is -2.12. The largest absolute Gasteiger partial charge is 0.298 e. The summed E-state index contributed by atoms with van der Waals surface area (Å²) in [4.78, 5) is 12.1. The van der Waals surface area contributed by atoms with Gasteiger partial charge in [0.25, 0.3) is 0 Å². The zero-order valence-electron chi connectivity index (χ0n) is 15.7. The van der Waals surface area contributed by atoms with Crippen LogP contribution >= 0.6 is 0 Å². The van der Waals surface area contributed by atoms with E-state index in [0.29, 0.717) is 18.8 Å². The van der Waals surface area contributed by atoms with Gasteiger partial charge < -0.3 is 0 Å². The van der Waals surface area contributed by atoms with Crippen LogP contribution in [0.5, 0.6) is 0 Å². The highest BCUT2D eigenvalue weighted by atomic mass is 16.1. The van der Waals surface area contributed by atoms with Crippen molar-refractivity contribution in [2.45, 2.75) is 57.8 Å². The Kier molecular flexibility index (Phi) is 8.63. The standard InChI is InChI=1S/C24H29NO/c1-2-3-18-24(26)22(19-25)16-10-11-17-23(20-12-6-4-7-13-20)21-14-8-5-9-15-21/h4-9,12-15,22-23H,2-3,10-11,16-18H2,1H3. The molecular weight excluding hydrogens is 318 g/mol. The van der Waals surface area contributed by atoms with Crippen molar-refractivity contribution < 1.29 is 4.79 Å². The molecule has 0 radical (unpaired) electrons. The lowest BCUT2D eigenvalue weighted by Gasteiger charge is -2.18. The van der Waals surface area contributed by atoms with Crippen LogP contribution in [0.15, 0.2) is 60.7 Å². The van der Waals surface area contributed by atoms with Gasteiger partial charge in [-0.1, -0.05) is 86.8 Å². The average molecular weight is 348 g/mol. The molecule has 0 spiro atoms. The van der Waals surface area contributed by atoms with E-state index in [0.717, 1.165) is 32.1 Å². The third kappa shape index (κ3) is 6.15. The Morgan fingerprint density at radius 3 is 1.92 bits per heavy atom. The topological polar surface area (TPSA) is 40.9 Å². The number of rotatable bonds is 11. The first kappa shape index (κ1) is 19.9. The predicted octanol–water partition coefficient (Wildman–Crippen LogP) is 6.28. The summed E-state index contributed by atoms with van der Waals surface area (Å²) in [6.45, 7) is 2.07. The second kappa shape index (κ2) is 11.3. The molecule has 0 fully saturated rings. The lowest BCUT2D eigenvalue weighted by atomic mass is 9.86. The van der Waals surface area contributed by atoms with E-state index in [9.17, 15) is 10.1 Å². The number of unbranched alkanes of at least 4 members (excludes halogenated alkanes) is 2. The first-order valence-corrected chi connectivity index (χ1v) is 9.78. The molecule has 0 heterocycles. The lowest BCUT2D eigenvalue weighted by molar-refractivity contribution is -0.121. The minimum absolute atomic E-state index is 0.122. The summed E-state index contributed by atoms with van der Waals surface area (Å²) < 4.78 is 0. The minimum Gasteiger partial charge on any atom is -0.298 e. The van der Waals surface area contributed by atoms with Gasteiger partial charge in [0.1, 0.15) is 11.7 Å². The maximum atomic E-state index is 12.1. The highest BCUT2D eigenvalue weighted by molar-refractivity contribution is 5.83. The number of carbonyl (C=O) groups excluding carboxylic acids is 1. The Bertz CT molecular complexity index is 648. The number of nitrogens with zero attached hydrogens (tertiary/aromatic N) is 1. The van der Waals surface area contributed by atoms with E-state index in [2.05, 4.69) is 61.5 Å². The summed E-state index contributed by atoms with van der Waals surface area (Å²) in [6, 6.07) is 23.4. The molecule has 0 amide bonds. The molecule has 26 heavy (non-hydrogen) atoms. The summed E-state index contributed by atoms with van der Waals surface area (Å²) >= 11 is 0. The Morgan fingerprint density at radius 2 is 1.42 bits per heavy atom. The molecule has 0 saturated heterocycles. The van der Waals surface area contributed by atoms with Crippen molar-refractivity contribution in [1.82, 2.24) is 0 Å². The Labute approximate surface area is 157 Å². The maximum absolute atomic E-state index is 12.1. The summed E-state index contributed by atoms with van der Waals surface area (Å²) in [7, 11) is 0. The zero-order chi connectivity index (χ0) is 18.6. The number of carbonyl (C=O) groups is 1. The van der Waals surface area contributed by atoms with Crippen LogP contribution in [0, 0.1) is 17.2 Å². The van der Waals surface area contributed by atoms with Crippen LogP contribution in [-0.4, -0.2) is 5.78 Å². The molecule has 0 N–H and O–H groups in total. The van der Waals surface area contributed by atoms with Crippen LogP contribution in [0.2, 0.25) is 0 Å². The van der Waals surface area contributed by atoms with Crippen LogP contribution in [-0.2, 0) is 4.79 Å². The van der Waals surface area contributed by atoms with Crippen LogP contribution in [0.3, 0.4) is 0 Å². The molecule has 2 nitrogen and oxygen atoms in total. The Balaban J connectivity index is 1.92. The minimum atomic E-state index is -0.423. The number of hydrogen-bond donors (Lipinski definition) is 0. The second-order valence-electron chi connectivity index (χ2n) is 6.91. The molecule has 2 aromatic carbocycles. The highest BCUT2D eigenvalue weighted by Crippen LogP contribution is 2.30. The number of benzene rings is 2. The van der Waals surface area contributed by atoms with Crippen molar-refractivity contribution in [2.75, 3.05) is 0 Å². The molecule has 1 atom stereocenters. The molecule has 0 bridgehead atoms. The molecule has 2 heteroatoms. The van der Waals surface area contributed by atoms with E-state index in [4.69, 9.17) is 0 Å². The first-order valence-electron chi connectivity index (χ1n) is 9.78. The summed E-state index contributed by atoms with van der Waals surface area (Å²) in [5.41, 5.74) is 2.66. The summed E-state index contributed by atoms with van der Waals surface area (Å²) in [5, 5.41) is 9.29. The fraction of sp³-hybridized carbons (Fsp3) is 0.417. The van der Waals surface area contributed by atoms with Gasteiger partial charge in [-0.15, -0.1) is 0 Å². The molecule has 0 aliphatic rings. The molecule has 0 aromatic heterocycles. The van der Waals surface area contributed by atoms with Gasteiger partial charge in [0.15, 0.2) is 0 Å². The van der Waals surface area contributed by atoms with Gasteiger partial charge in [-0.25, -0.2) is 0 Å². The van der Waals surface area contributed by atoms with Crippen molar-refractivity contribution in [1.29, 1.82) is 5.26 Å². The van der Waals surface area contributed by atoms with E-state index in [-0.39, 0.29) is 5.78 Å². The number of Topliss-reactive ketones (excluding diaryl/α,β-unsaturated/α-hetero) is 1. The molecule has 0 aliphatic carbocycles. The van der Waals surface area contributed by atoms with E-state index < -0.39 is 5.92 Å².